The molecule has 5 rings (SSSR count). The van der Waals surface area contributed by atoms with Crippen LogP contribution in [0.5, 0.6) is 5.75 Å². The van der Waals surface area contributed by atoms with E-state index in [0.717, 1.165) is 11.1 Å². The third-order valence-corrected chi connectivity index (χ3v) is 7.20. The number of halogens is 1. The lowest BCUT2D eigenvalue weighted by atomic mass is 9.86. The van der Waals surface area contributed by atoms with Crippen molar-refractivity contribution in [1.82, 2.24) is 10.6 Å². The van der Waals surface area contributed by atoms with Crippen LogP contribution in [0, 0.1) is 11.2 Å². The first kappa shape index (κ1) is 28.1. The van der Waals surface area contributed by atoms with Gasteiger partial charge < -0.3 is 30.2 Å². The minimum Gasteiger partial charge on any atom is -0.473 e. The lowest BCUT2D eigenvalue weighted by Gasteiger charge is -2.30. The van der Waals surface area contributed by atoms with E-state index in [1.807, 2.05) is 39.0 Å². The highest BCUT2D eigenvalue weighted by Crippen LogP contribution is 2.41. The number of hydrogen-bond donors (Lipinski definition) is 3. The van der Waals surface area contributed by atoms with Crippen LogP contribution in [0.25, 0.3) is 0 Å². The predicted octanol–water partition coefficient (Wildman–Crippen LogP) is 3.19. The van der Waals surface area contributed by atoms with Gasteiger partial charge in [-0.05, 0) is 53.8 Å². The number of carbonyl (C=O) groups is 3. The molecule has 0 radical (unpaired) electrons. The minimum atomic E-state index is -0.887. The van der Waals surface area contributed by atoms with E-state index in [1.54, 1.807) is 18.2 Å². The van der Waals surface area contributed by atoms with Crippen molar-refractivity contribution < 1.29 is 33.0 Å². The normalized spacial score (nSPS) is 25.5. The maximum absolute atomic E-state index is 13.7. The van der Waals surface area contributed by atoms with E-state index in [0.29, 0.717) is 17.9 Å². The Morgan fingerprint density at radius 1 is 1.12 bits per heavy atom. The topological polar surface area (TPSA) is 127 Å². The number of aliphatic imine (C=N–C) groups is 1. The monoisotopic (exact) mass is 564 g/mol. The number of carbonyl (C=O) groups excluding carboxylic acids is 3. The summed E-state index contributed by atoms with van der Waals surface area (Å²) in [5, 5.41) is 9.09. The van der Waals surface area contributed by atoms with Gasteiger partial charge in [0.15, 0.2) is 12.3 Å². The number of amides is 2. The summed E-state index contributed by atoms with van der Waals surface area (Å²) in [6.07, 6.45) is 1.79. The third kappa shape index (κ3) is 6.18. The Balaban J connectivity index is 1.61. The van der Waals surface area contributed by atoms with E-state index in [2.05, 4.69) is 20.9 Å². The zero-order valence-electron chi connectivity index (χ0n) is 23.3. The van der Waals surface area contributed by atoms with Crippen LogP contribution in [-0.4, -0.2) is 55.7 Å². The highest BCUT2D eigenvalue weighted by molar-refractivity contribution is 6.01. The van der Waals surface area contributed by atoms with Crippen LogP contribution in [0.2, 0.25) is 0 Å². The van der Waals surface area contributed by atoms with Gasteiger partial charge in [-0.1, -0.05) is 32.9 Å². The first-order chi connectivity index (χ1) is 19.5. The molecule has 3 heterocycles. The standard InChI is InChI=1S/C30H33FN4O6/c1-30(2,3)25-26(37)33-21(28-34-22(15-40-28)29(38)39-4)14-20-19-13-16(6-12-24(36)35-25)5-11-23(19)41-27(20)32-18-9-7-17(31)8-10-18/h5,7-11,13-14,20,22,25,27,32H,6,12,15H2,1-4H3,(H,33,37)(H,35,36)/b21-14+/t20?,22?,25?,27-/m1/s1. The van der Waals surface area contributed by atoms with E-state index in [-0.39, 0.29) is 36.3 Å². The molecule has 2 aromatic rings. The quantitative estimate of drug-likeness (QED) is 0.487. The van der Waals surface area contributed by atoms with Crippen molar-refractivity contribution in [2.24, 2.45) is 10.4 Å². The summed E-state index contributed by atoms with van der Waals surface area (Å²) in [7, 11) is 1.27. The zero-order chi connectivity index (χ0) is 29.3. The molecular formula is C30H33FN4O6. The van der Waals surface area contributed by atoms with Crippen molar-refractivity contribution in [2.75, 3.05) is 19.0 Å². The molecule has 3 N–H and O–H groups in total. The van der Waals surface area contributed by atoms with E-state index >= 15 is 0 Å². The van der Waals surface area contributed by atoms with Gasteiger partial charge in [0.05, 0.1) is 13.0 Å². The summed E-state index contributed by atoms with van der Waals surface area (Å²) < 4.78 is 30.4. The van der Waals surface area contributed by atoms with Gasteiger partial charge in [0.2, 0.25) is 17.7 Å². The predicted molar refractivity (Wildman–Crippen MR) is 149 cm³/mol. The molecule has 0 fully saturated rings. The van der Waals surface area contributed by atoms with Gasteiger partial charge in [-0.2, -0.15) is 0 Å². The summed E-state index contributed by atoms with van der Waals surface area (Å²) in [5.74, 6) is -1.43. The number of ether oxygens (including phenoxy) is 3. The smallest absolute Gasteiger partial charge is 0.334 e. The molecule has 11 heteroatoms. The maximum atomic E-state index is 13.7. The van der Waals surface area contributed by atoms with Crippen LogP contribution in [0.15, 0.2) is 59.2 Å². The van der Waals surface area contributed by atoms with E-state index in [9.17, 15) is 18.8 Å². The largest absolute Gasteiger partial charge is 0.473 e. The number of nitrogens with zero attached hydrogens (tertiary/aromatic N) is 1. The molecule has 0 saturated carbocycles. The van der Waals surface area contributed by atoms with Gasteiger partial charge in [0, 0.05) is 17.7 Å². The summed E-state index contributed by atoms with van der Waals surface area (Å²) in [6, 6.07) is 9.88. The van der Waals surface area contributed by atoms with Crippen LogP contribution >= 0.6 is 0 Å². The van der Waals surface area contributed by atoms with Gasteiger partial charge >= 0.3 is 5.97 Å². The Kier molecular flexibility index (Phi) is 7.70. The molecule has 3 aliphatic rings. The number of benzene rings is 2. The molecule has 0 aromatic heterocycles. The molecule has 3 unspecified atom stereocenters. The van der Waals surface area contributed by atoms with Gasteiger partial charge in [0.1, 0.15) is 29.9 Å². The fourth-order valence-electron chi connectivity index (χ4n) is 5.00. The number of fused-ring (bicyclic) bond motifs is 1. The second kappa shape index (κ2) is 11.2. The first-order valence-corrected chi connectivity index (χ1v) is 13.4. The molecular weight excluding hydrogens is 531 g/mol. The Bertz CT molecular complexity index is 1420. The molecule has 3 aliphatic heterocycles. The molecule has 2 bridgehead atoms. The zero-order valence-corrected chi connectivity index (χ0v) is 23.3. The Hall–Kier alpha value is -4.41. The number of nitrogens with one attached hydrogen (secondary N) is 3. The fourth-order valence-corrected chi connectivity index (χ4v) is 5.00. The summed E-state index contributed by atoms with van der Waals surface area (Å²) in [4.78, 5) is 43.2. The molecule has 4 atom stereocenters. The number of aryl methyl sites for hydroxylation is 1. The number of esters is 1. The summed E-state index contributed by atoms with van der Waals surface area (Å²) in [6.45, 7) is 5.53. The van der Waals surface area contributed by atoms with E-state index in [4.69, 9.17) is 14.2 Å². The van der Waals surface area contributed by atoms with Crippen molar-refractivity contribution in [3.8, 4) is 5.75 Å². The molecule has 10 nitrogen and oxygen atoms in total. The second-order valence-electron chi connectivity index (χ2n) is 11.3. The van der Waals surface area contributed by atoms with Gasteiger partial charge in [-0.15, -0.1) is 0 Å². The number of rotatable bonds is 4. The SMILES string of the molecule is COC(=O)C1COC(/C2=C\C3c4cc(ccc4O[C@H]3Nc3ccc(F)cc3)CCC(=O)NC(C(C)(C)C)C(=O)N2)=N1. The Morgan fingerprint density at radius 3 is 2.59 bits per heavy atom. The molecule has 216 valence electrons. The van der Waals surface area contributed by atoms with Crippen LogP contribution in [0.1, 0.15) is 44.2 Å². The first-order valence-electron chi connectivity index (χ1n) is 13.4. The van der Waals surface area contributed by atoms with Crippen LogP contribution in [0.4, 0.5) is 10.1 Å². The van der Waals surface area contributed by atoms with Gasteiger partial charge in [-0.25, -0.2) is 14.2 Å². The van der Waals surface area contributed by atoms with E-state index in [1.165, 1.54) is 19.2 Å². The van der Waals surface area contributed by atoms with Crippen molar-refractivity contribution in [2.45, 2.75) is 57.8 Å². The fraction of sp³-hybridized carbons (Fsp3) is 0.400. The molecule has 0 aliphatic carbocycles. The molecule has 41 heavy (non-hydrogen) atoms. The van der Waals surface area contributed by atoms with Gasteiger partial charge in [0.25, 0.3) is 0 Å². The van der Waals surface area contributed by atoms with Crippen molar-refractivity contribution in [3.63, 3.8) is 0 Å². The number of anilines is 1. The molecule has 2 aromatic carbocycles. The second-order valence-corrected chi connectivity index (χ2v) is 11.3. The van der Waals surface area contributed by atoms with Crippen molar-refractivity contribution in [3.05, 3.63) is 71.2 Å². The summed E-state index contributed by atoms with van der Waals surface area (Å²) in [5.41, 5.74) is 1.99. The van der Waals surface area contributed by atoms with Crippen LogP contribution in [0.3, 0.4) is 0 Å². The van der Waals surface area contributed by atoms with Gasteiger partial charge in [-0.3, -0.25) is 9.59 Å². The van der Waals surface area contributed by atoms with Crippen molar-refractivity contribution in [1.29, 1.82) is 0 Å². The molecule has 0 saturated heterocycles. The van der Waals surface area contributed by atoms with Crippen LogP contribution < -0.4 is 20.7 Å². The lowest BCUT2D eigenvalue weighted by Crippen LogP contribution is -2.54. The minimum absolute atomic E-state index is 0.0478. The van der Waals surface area contributed by atoms with E-state index < -0.39 is 41.5 Å². The average molecular weight is 565 g/mol. The maximum Gasteiger partial charge on any atom is 0.334 e. The lowest BCUT2D eigenvalue weighted by molar-refractivity contribution is -0.142. The average Bonchev–Trinajstić information content (AvgIpc) is 3.55. The molecule has 2 amide bonds. The summed E-state index contributed by atoms with van der Waals surface area (Å²) >= 11 is 0. The highest BCUT2D eigenvalue weighted by Gasteiger charge is 2.39. The Morgan fingerprint density at radius 2 is 1.88 bits per heavy atom. The number of methoxy groups -OCH3 is 1. The third-order valence-electron chi connectivity index (χ3n) is 7.20. The highest BCUT2D eigenvalue weighted by atomic mass is 19.1. The number of hydrogen-bond acceptors (Lipinski definition) is 8. The molecule has 0 spiro atoms. The van der Waals surface area contributed by atoms with Crippen molar-refractivity contribution >= 4 is 29.4 Å². The Labute approximate surface area is 237 Å². The van der Waals surface area contributed by atoms with Crippen LogP contribution in [-0.2, 0) is 30.3 Å².